The first-order chi connectivity index (χ1) is 13.4. The van der Waals surface area contributed by atoms with Gasteiger partial charge < -0.3 is 10.1 Å². The van der Waals surface area contributed by atoms with Gasteiger partial charge in [0.15, 0.2) is 5.13 Å². The van der Waals surface area contributed by atoms with Crippen molar-refractivity contribution in [2.45, 2.75) is 47.0 Å². The van der Waals surface area contributed by atoms with Gasteiger partial charge in [0.1, 0.15) is 17.0 Å². The summed E-state index contributed by atoms with van der Waals surface area (Å²) in [5.41, 5.74) is 1.99. The fraction of sp³-hybridized carbons (Fsp3) is 0.500. The van der Waals surface area contributed by atoms with E-state index in [1.54, 1.807) is 23.6 Å². The summed E-state index contributed by atoms with van der Waals surface area (Å²) in [6.45, 7) is 9.07. The first kappa shape index (κ1) is 19.3. The van der Waals surface area contributed by atoms with Gasteiger partial charge in [-0.1, -0.05) is 20.8 Å². The van der Waals surface area contributed by atoms with Crippen LogP contribution in [0.2, 0.25) is 0 Å². The molecular weight excluding hydrogens is 392 g/mol. The van der Waals surface area contributed by atoms with Crippen molar-refractivity contribution in [1.29, 1.82) is 0 Å². The Bertz CT molecular complexity index is 1020. The van der Waals surface area contributed by atoms with Gasteiger partial charge in [-0.3, -0.25) is 0 Å². The number of fused-ring (bicyclic) bond motifs is 2. The number of carbonyl (C=O) groups excluding carboxylic acids is 1. The number of esters is 1. The molecule has 1 atom stereocenters. The predicted octanol–water partition coefficient (Wildman–Crippen LogP) is 5.22. The third-order valence-corrected chi connectivity index (χ3v) is 7.18. The number of aromatic nitrogens is 3. The maximum atomic E-state index is 12.3. The van der Waals surface area contributed by atoms with E-state index in [1.807, 2.05) is 0 Å². The lowest BCUT2D eigenvalue weighted by atomic mass is 9.73. The van der Waals surface area contributed by atoms with Gasteiger partial charge in [0, 0.05) is 10.3 Å². The number of aryl methyl sites for hydroxylation is 1. The fourth-order valence-corrected chi connectivity index (χ4v) is 5.56. The maximum Gasteiger partial charge on any atom is 0.339 e. The molecule has 0 aliphatic heterocycles. The molecule has 0 radical (unpaired) electrons. The van der Waals surface area contributed by atoms with Crippen LogP contribution in [0.15, 0.2) is 11.7 Å². The maximum absolute atomic E-state index is 12.3. The van der Waals surface area contributed by atoms with E-state index in [4.69, 9.17) is 9.72 Å². The highest BCUT2D eigenvalue weighted by Gasteiger charge is 2.31. The van der Waals surface area contributed by atoms with E-state index in [0.29, 0.717) is 34.7 Å². The van der Waals surface area contributed by atoms with Gasteiger partial charge >= 0.3 is 5.97 Å². The number of ether oxygens (including phenoxy) is 1. The number of nitrogens with one attached hydrogen (secondary N) is 1. The average Bonchev–Trinajstić information content (AvgIpc) is 3.24. The molecule has 0 spiro atoms. The summed E-state index contributed by atoms with van der Waals surface area (Å²) < 4.78 is 5.18. The van der Waals surface area contributed by atoms with Crippen LogP contribution in [0.4, 0.5) is 10.9 Å². The number of hydrogen-bond acceptors (Lipinski definition) is 8. The van der Waals surface area contributed by atoms with E-state index < -0.39 is 0 Å². The summed E-state index contributed by atoms with van der Waals surface area (Å²) in [7, 11) is 0. The molecule has 0 fully saturated rings. The Morgan fingerprint density at radius 3 is 2.93 bits per heavy atom. The van der Waals surface area contributed by atoms with Gasteiger partial charge in [0.05, 0.1) is 23.3 Å². The van der Waals surface area contributed by atoms with Crippen LogP contribution < -0.4 is 5.32 Å². The molecule has 4 rings (SSSR count). The van der Waals surface area contributed by atoms with Crippen LogP contribution in [-0.2, 0) is 17.6 Å². The predicted molar refractivity (Wildman–Crippen MR) is 114 cm³/mol. The van der Waals surface area contributed by atoms with E-state index in [9.17, 15) is 4.79 Å². The average molecular weight is 417 g/mol. The van der Waals surface area contributed by atoms with Crippen LogP contribution in [0.5, 0.6) is 0 Å². The van der Waals surface area contributed by atoms with E-state index in [0.717, 1.165) is 22.8 Å². The summed E-state index contributed by atoms with van der Waals surface area (Å²) in [5, 5.41) is 6.64. The Labute approximate surface area is 172 Å². The minimum atomic E-state index is -0.349. The van der Waals surface area contributed by atoms with Gasteiger partial charge in [-0.25, -0.2) is 19.7 Å². The van der Waals surface area contributed by atoms with Crippen molar-refractivity contribution in [1.82, 2.24) is 15.0 Å². The van der Waals surface area contributed by atoms with Crippen LogP contribution in [0.25, 0.3) is 10.2 Å². The molecule has 3 heterocycles. The molecule has 6 nitrogen and oxygen atoms in total. The first-order valence-electron chi connectivity index (χ1n) is 9.51. The summed E-state index contributed by atoms with van der Waals surface area (Å²) >= 11 is 3.10. The van der Waals surface area contributed by atoms with Crippen molar-refractivity contribution in [3.05, 3.63) is 27.8 Å². The largest absolute Gasteiger partial charge is 0.462 e. The second-order valence-corrected chi connectivity index (χ2v) is 10.0. The molecule has 3 aromatic rings. The summed E-state index contributed by atoms with van der Waals surface area (Å²) in [6, 6.07) is 0. The zero-order valence-electron chi connectivity index (χ0n) is 16.5. The van der Waals surface area contributed by atoms with Gasteiger partial charge in [0.25, 0.3) is 0 Å². The molecule has 148 valence electrons. The van der Waals surface area contributed by atoms with E-state index in [-0.39, 0.29) is 5.97 Å². The molecule has 0 bridgehead atoms. The third-order valence-electron chi connectivity index (χ3n) is 5.26. The number of thiazole rings is 1. The molecule has 1 unspecified atom stereocenters. The molecule has 0 aromatic carbocycles. The Morgan fingerprint density at radius 2 is 2.18 bits per heavy atom. The quantitative estimate of drug-likeness (QED) is 0.588. The normalized spacial score (nSPS) is 16.8. The molecule has 0 amide bonds. The highest BCUT2D eigenvalue weighted by atomic mass is 32.1. The molecule has 1 N–H and O–H groups in total. The van der Waals surface area contributed by atoms with Crippen LogP contribution >= 0.6 is 22.7 Å². The minimum Gasteiger partial charge on any atom is -0.462 e. The first-order valence-corrected chi connectivity index (χ1v) is 11.2. The van der Waals surface area contributed by atoms with Crippen molar-refractivity contribution in [2.75, 3.05) is 11.9 Å². The zero-order valence-corrected chi connectivity index (χ0v) is 18.2. The smallest absolute Gasteiger partial charge is 0.339 e. The summed E-state index contributed by atoms with van der Waals surface area (Å²) in [6.07, 6.45) is 4.78. The Balaban J connectivity index is 1.64. The van der Waals surface area contributed by atoms with Crippen molar-refractivity contribution in [3.8, 4) is 0 Å². The molecule has 3 aromatic heterocycles. The van der Waals surface area contributed by atoms with Crippen LogP contribution in [0, 0.1) is 11.3 Å². The second kappa shape index (κ2) is 7.40. The van der Waals surface area contributed by atoms with Gasteiger partial charge in [-0.15, -0.1) is 22.7 Å². The third kappa shape index (κ3) is 3.63. The van der Waals surface area contributed by atoms with Gasteiger partial charge in [0.2, 0.25) is 0 Å². The lowest BCUT2D eigenvalue weighted by Gasteiger charge is -2.33. The fourth-order valence-electron chi connectivity index (χ4n) is 3.60. The Morgan fingerprint density at radius 1 is 1.36 bits per heavy atom. The molecule has 28 heavy (non-hydrogen) atoms. The summed E-state index contributed by atoms with van der Waals surface area (Å²) in [4.78, 5) is 27.9. The van der Waals surface area contributed by atoms with E-state index in [1.165, 1.54) is 34.7 Å². The van der Waals surface area contributed by atoms with Crippen LogP contribution in [0.3, 0.4) is 0 Å². The molecule has 8 heteroatoms. The number of carbonyl (C=O) groups is 1. The molecule has 0 saturated heterocycles. The number of thiophene rings is 1. The van der Waals surface area contributed by atoms with Crippen LogP contribution in [0.1, 0.15) is 55.0 Å². The van der Waals surface area contributed by atoms with Crippen molar-refractivity contribution < 1.29 is 9.53 Å². The highest BCUT2D eigenvalue weighted by Crippen LogP contribution is 2.41. The SMILES string of the molecule is CCOC(=O)c1csc2ncnc(Nc3nc4c(s3)CC(C(C)(C)C)CC4)c12. The van der Waals surface area contributed by atoms with Crippen molar-refractivity contribution in [3.63, 3.8) is 0 Å². The number of rotatable bonds is 4. The van der Waals surface area contributed by atoms with Crippen molar-refractivity contribution in [2.24, 2.45) is 11.3 Å². The topological polar surface area (TPSA) is 77.0 Å². The van der Waals surface area contributed by atoms with Gasteiger partial charge in [-0.2, -0.15) is 0 Å². The van der Waals surface area contributed by atoms with Gasteiger partial charge in [-0.05, 0) is 37.5 Å². The molecular formula is C20H24N4O2S2. The van der Waals surface area contributed by atoms with E-state index >= 15 is 0 Å². The highest BCUT2D eigenvalue weighted by molar-refractivity contribution is 7.17. The molecule has 1 aliphatic rings. The number of nitrogens with zero attached hydrogens (tertiary/aromatic N) is 3. The standard InChI is InChI=1S/C20H24N4O2S2/c1-5-26-18(25)12-9-27-17-15(12)16(21-10-22-17)24-19-23-13-7-6-11(20(2,3)4)8-14(13)28-19/h9-11H,5-8H2,1-4H3,(H,21,22,23,24). The lowest BCUT2D eigenvalue weighted by molar-refractivity contribution is 0.0529. The Hall–Kier alpha value is -2.06. The van der Waals surface area contributed by atoms with Crippen LogP contribution in [-0.4, -0.2) is 27.5 Å². The van der Waals surface area contributed by atoms with E-state index in [2.05, 4.69) is 36.1 Å². The lowest BCUT2D eigenvalue weighted by Crippen LogP contribution is -2.26. The Kier molecular flexibility index (Phi) is 5.09. The second-order valence-electron chi connectivity index (χ2n) is 8.09. The number of anilines is 2. The monoisotopic (exact) mass is 416 g/mol. The molecule has 1 aliphatic carbocycles. The van der Waals surface area contributed by atoms with Crippen molar-refractivity contribution >= 4 is 49.8 Å². The number of hydrogen-bond donors (Lipinski definition) is 1. The zero-order chi connectivity index (χ0) is 19.9. The summed E-state index contributed by atoms with van der Waals surface area (Å²) in [5.74, 6) is 0.928. The minimum absolute atomic E-state index is 0.305. The molecule has 0 saturated carbocycles.